The van der Waals surface area contributed by atoms with Gasteiger partial charge in [-0.3, -0.25) is 4.79 Å². The summed E-state index contributed by atoms with van der Waals surface area (Å²) in [6.45, 7) is 6.55. The van der Waals surface area contributed by atoms with Crippen LogP contribution in [0, 0.1) is 5.92 Å². The molecule has 1 saturated heterocycles. The van der Waals surface area contributed by atoms with Gasteiger partial charge in [0.05, 0.1) is 17.1 Å². The second kappa shape index (κ2) is 9.32. The molecule has 0 bridgehead atoms. The van der Waals surface area contributed by atoms with Gasteiger partial charge in [-0.25, -0.2) is 13.2 Å². The number of hydrogen-bond donors (Lipinski definition) is 1. The second-order valence-electron chi connectivity index (χ2n) is 6.74. The van der Waals surface area contributed by atoms with Crippen molar-refractivity contribution in [1.82, 2.24) is 9.62 Å². The van der Waals surface area contributed by atoms with Gasteiger partial charge in [0.2, 0.25) is 15.9 Å². The van der Waals surface area contributed by atoms with Crippen molar-refractivity contribution in [1.29, 1.82) is 0 Å². The number of sulfonamides is 1. The molecular weight excluding hydrogens is 368 g/mol. The number of esters is 1. The van der Waals surface area contributed by atoms with E-state index in [0.717, 1.165) is 6.42 Å². The largest absolute Gasteiger partial charge is 0.462 e. The van der Waals surface area contributed by atoms with Gasteiger partial charge in [0.1, 0.15) is 0 Å². The van der Waals surface area contributed by atoms with Gasteiger partial charge in [0.15, 0.2) is 0 Å². The molecule has 2 rings (SSSR count). The van der Waals surface area contributed by atoms with E-state index in [1.165, 1.54) is 28.6 Å². The van der Waals surface area contributed by atoms with Gasteiger partial charge in [-0.2, -0.15) is 4.31 Å². The fourth-order valence-electron chi connectivity index (χ4n) is 2.95. The van der Waals surface area contributed by atoms with E-state index in [2.05, 4.69) is 5.32 Å². The first-order chi connectivity index (χ1) is 12.8. The third kappa shape index (κ3) is 5.29. The van der Waals surface area contributed by atoms with E-state index >= 15 is 0 Å². The summed E-state index contributed by atoms with van der Waals surface area (Å²) in [5.74, 6) is -0.633. The van der Waals surface area contributed by atoms with Crippen LogP contribution in [0.3, 0.4) is 0 Å². The van der Waals surface area contributed by atoms with Gasteiger partial charge < -0.3 is 10.1 Å². The molecule has 1 heterocycles. The fraction of sp³-hybridized carbons (Fsp3) is 0.579. The van der Waals surface area contributed by atoms with Crippen molar-refractivity contribution in [3.05, 3.63) is 29.8 Å². The second-order valence-corrected chi connectivity index (χ2v) is 8.68. The highest BCUT2D eigenvalue weighted by Gasteiger charge is 2.32. The van der Waals surface area contributed by atoms with Crippen LogP contribution in [-0.4, -0.2) is 50.3 Å². The Morgan fingerprint density at radius 1 is 1.19 bits per heavy atom. The summed E-state index contributed by atoms with van der Waals surface area (Å²) < 4.78 is 31.9. The topological polar surface area (TPSA) is 92.8 Å². The molecule has 1 aliphatic heterocycles. The first kappa shape index (κ1) is 21.4. The smallest absolute Gasteiger partial charge is 0.338 e. The molecule has 0 aliphatic carbocycles. The van der Waals surface area contributed by atoms with Gasteiger partial charge in [-0.05, 0) is 57.4 Å². The number of amides is 1. The number of rotatable bonds is 7. The summed E-state index contributed by atoms with van der Waals surface area (Å²) >= 11 is 0. The number of piperidine rings is 1. The van der Waals surface area contributed by atoms with Crippen molar-refractivity contribution >= 4 is 21.9 Å². The average Bonchev–Trinajstić information content (AvgIpc) is 2.68. The molecule has 1 amide bonds. The molecule has 0 spiro atoms. The number of benzene rings is 1. The van der Waals surface area contributed by atoms with Gasteiger partial charge in [-0.1, -0.05) is 6.92 Å². The standard InChI is InChI=1S/C19H28N2O5S/c1-4-14(3)20-18(22)15-10-12-21(13-11-15)27(24,25)17-8-6-16(7-9-17)19(23)26-5-2/h6-9,14-15H,4-5,10-13H2,1-3H3,(H,20,22). The third-order valence-electron chi connectivity index (χ3n) is 4.83. The van der Waals surface area contributed by atoms with Crippen molar-refractivity contribution in [2.75, 3.05) is 19.7 Å². The summed E-state index contributed by atoms with van der Waals surface area (Å²) in [5, 5.41) is 2.96. The van der Waals surface area contributed by atoms with E-state index < -0.39 is 16.0 Å². The highest BCUT2D eigenvalue weighted by Crippen LogP contribution is 2.24. The molecule has 1 fully saturated rings. The first-order valence-electron chi connectivity index (χ1n) is 9.37. The highest BCUT2D eigenvalue weighted by molar-refractivity contribution is 7.89. The Balaban J connectivity index is 2.00. The van der Waals surface area contributed by atoms with Crippen molar-refractivity contribution in [3.8, 4) is 0 Å². The van der Waals surface area contributed by atoms with Crippen LogP contribution in [0.1, 0.15) is 50.4 Å². The van der Waals surface area contributed by atoms with Gasteiger partial charge in [-0.15, -0.1) is 0 Å². The van der Waals surface area contributed by atoms with Crippen LogP contribution in [0.2, 0.25) is 0 Å². The van der Waals surface area contributed by atoms with Gasteiger partial charge >= 0.3 is 5.97 Å². The summed E-state index contributed by atoms with van der Waals surface area (Å²) in [6, 6.07) is 5.87. The zero-order valence-electron chi connectivity index (χ0n) is 16.1. The van der Waals surface area contributed by atoms with E-state index in [4.69, 9.17) is 4.74 Å². The summed E-state index contributed by atoms with van der Waals surface area (Å²) in [5.41, 5.74) is 0.316. The Morgan fingerprint density at radius 3 is 2.30 bits per heavy atom. The molecule has 0 saturated carbocycles. The minimum absolute atomic E-state index is 0.000174. The van der Waals surface area contributed by atoms with E-state index in [-0.39, 0.29) is 29.4 Å². The molecule has 1 N–H and O–H groups in total. The third-order valence-corrected chi connectivity index (χ3v) is 6.74. The number of ether oxygens (including phenoxy) is 1. The van der Waals surface area contributed by atoms with E-state index in [0.29, 0.717) is 31.5 Å². The molecule has 1 aliphatic rings. The van der Waals surface area contributed by atoms with Crippen LogP contribution in [0.15, 0.2) is 29.2 Å². The quantitative estimate of drug-likeness (QED) is 0.713. The molecule has 0 radical (unpaired) electrons. The van der Waals surface area contributed by atoms with Crippen LogP contribution < -0.4 is 5.32 Å². The Morgan fingerprint density at radius 2 is 1.78 bits per heavy atom. The normalized spacial score (nSPS) is 17.3. The van der Waals surface area contributed by atoms with Crippen molar-refractivity contribution < 1.29 is 22.7 Å². The Bertz CT molecular complexity index is 753. The maximum Gasteiger partial charge on any atom is 0.338 e. The number of carbonyl (C=O) groups is 2. The molecule has 27 heavy (non-hydrogen) atoms. The lowest BCUT2D eigenvalue weighted by Gasteiger charge is -2.31. The fourth-order valence-corrected chi connectivity index (χ4v) is 4.42. The molecule has 1 unspecified atom stereocenters. The molecule has 1 atom stereocenters. The molecule has 0 aromatic heterocycles. The van der Waals surface area contributed by atoms with E-state index in [1.54, 1.807) is 6.92 Å². The van der Waals surface area contributed by atoms with Crippen LogP contribution in [0.5, 0.6) is 0 Å². The number of carbonyl (C=O) groups excluding carboxylic acids is 2. The lowest BCUT2D eigenvalue weighted by molar-refractivity contribution is -0.126. The Kier molecular flexibility index (Phi) is 7.38. The lowest BCUT2D eigenvalue weighted by atomic mass is 9.97. The maximum atomic E-state index is 12.8. The van der Waals surface area contributed by atoms with E-state index in [1.807, 2.05) is 13.8 Å². The monoisotopic (exact) mass is 396 g/mol. The summed E-state index contributed by atoms with van der Waals surface area (Å²) in [7, 11) is -3.64. The average molecular weight is 397 g/mol. The van der Waals surface area contributed by atoms with Crippen LogP contribution >= 0.6 is 0 Å². The molecule has 8 heteroatoms. The number of nitrogens with zero attached hydrogens (tertiary/aromatic N) is 1. The minimum Gasteiger partial charge on any atom is -0.462 e. The summed E-state index contributed by atoms with van der Waals surface area (Å²) in [6.07, 6.45) is 1.87. The SMILES string of the molecule is CCOC(=O)c1ccc(S(=O)(=O)N2CCC(C(=O)NC(C)CC)CC2)cc1. The molecule has 150 valence electrons. The van der Waals surface area contributed by atoms with Gasteiger partial charge in [0, 0.05) is 25.0 Å². The zero-order chi connectivity index (χ0) is 20.0. The number of hydrogen-bond acceptors (Lipinski definition) is 5. The van der Waals surface area contributed by atoms with Gasteiger partial charge in [0.25, 0.3) is 0 Å². The van der Waals surface area contributed by atoms with Crippen LogP contribution in [0.4, 0.5) is 0 Å². The Labute approximate surface area is 161 Å². The first-order valence-corrected chi connectivity index (χ1v) is 10.8. The highest BCUT2D eigenvalue weighted by atomic mass is 32.2. The van der Waals surface area contributed by atoms with Crippen LogP contribution in [0.25, 0.3) is 0 Å². The van der Waals surface area contributed by atoms with Crippen molar-refractivity contribution in [2.24, 2.45) is 5.92 Å². The maximum absolute atomic E-state index is 12.8. The molecule has 1 aromatic rings. The molecule has 7 nitrogen and oxygen atoms in total. The predicted molar refractivity (Wildman–Crippen MR) is 102 cm³/mol. The minimum atomic E-state index is -3.64. The van der Waals surface area contributed by atoms with Crippen LogP contribution in [-0.2, 0) is 19.6 Å². The molecule has 1 aromatic carbocycles. The van der Waals surface area contributed by atoms with Crippen molar-refractivity contribution in [3.63, 3.8) is 0 Å². The zero-order valence-corrected chi connectivity index (χ0v) is 16.9. The predicted octanol–water partition coefficient (Wildman–Crippen LogP) is 2.18. The molecular formula is C19H28N2O5S. The summed E-state index contributed by atoms with van der Waals surface area (Å²) in [4.78, 5) is 24.0. The van der Waals surface area contributed by atoms with E-state index in [9.17, 15) is 18.0 Å². The van der Waals surface area contributed by atoms with Crippen molar-refractivity contribution in [2.45, 2.75) is 51.0 Å². The number of nitrogens with one attached hydrogen (secondary N) is 1. The lowest BCUT2D eigenvalue weighted by Crippen LogP contribution is -2.44. The Hall–Kier alpha value is -1.93.